The van der Waals surface area contributed by atoms with E-state index in [4.69, 9.17) is 5.41 Å². The van der Waals surface area contributed by atoms with Gasteiger partial charge in [0.15, 0.2) is 5.97 Å². The van der Waals surface area contributed by atoms with Crippen LogP contribution in [-0.4, -0.2) is 17.9 Å². The molecule has 0 aromatic carbocycles. The van der Waals surface area contributed by atoms with Crippen LogP contribution in [0.3, 0.4) is 0 Å². The fraction of sp³-hybridized carbons (Fsp3) is 0.400. The fourth-order valence-corrected chi connectivity index (χ4v) is 0.291. The minimum absolute atomic E-state index is 0.248. The van der Waals surface area contributed by atoms with Crippen LogP contribution < -0.4 is 0 Å². The molecule has 0 aliphatic heterocycles. The Balaban J connectivity index is 4.22. The van der Waals surface area contributed by atoms with Crippen molar-refractivity contribution in [2.24, 2.45) is 9.98 Å². The van der Waals surface area contributed by atoms with E-state index in [0.29, 0.717) is 0 Å². The molecule has 0 saturated carbocycles. The maximum atomic E-state index is 12.1. The molecule has 0 aliphatic carbocycles. The Morgan fingerprint density at radius 2 is 1.70 bits per heavy atom. The molecule has 0 aliphatic rings. The molecule has 56 valence electrons. The van der Waals surface area contributed by atoms with Crippen LogP contribution in [0.25, 0.3) is 0 Å². The molecule has 0 heterocycles. The number of aliphatic imine (C=N–C) groups is 2. The Kier molecular flexibility index (Phi) is 3.38. The lowest BCUT2D eigenvalue weighted by Gasteiger charge is -1.84. The number of nitrogens with zero attached hydrogens (tertiary/aromatic N) is 2. The molecule has 0 fully saturated rings. The number of nitrogens with one attached hydrogen (secondary N) is 1. The molecule has 0 aromatic heterocycles. The maximum absolute atomic E-state index is 12.1. The van der Waals surface area contributed by atoms with Crippen molar-refractivity contribution in [3.05, 3.63) is 0 Å². The lowest BCUT2D eigenvalue weighted by atomic mass is 10.7. The molecular weight excluding hydrogens is 140 g/mol. The molecule has 0 unspecified atom stereocenters. The van der Waals surface area contributed by atoms with E-state index in [1.807, 2.05) is 0 Å². The summed E-state index contributed by atoms with van der Waals surface area (Å²) in [5.41, 5.74) is 0. The summed E-state index contributed by atoms with van der Waals surface area (Å²) in [5.74, 6) is -1.16. The van der Waals surface area contributed by atoms with Crippen molar-refractivity contribution in [1.29, 1.82) is 5.41 Å². The van der Waals surface area contributed by atoms with Crippen molar-refractivity contribution in [1.82, 2.24) is 0 Å². The summed E-state index contributed by atoms with van der Waals surface area (Å²) in [6, 6.07) is 0. The largest absolute Gasteiger partial charge is 0.312 e. The molecule has 1 N–H and O–H groups in total. The molecular formula is C5H7F2N3. The molecule has 3 nitrogen and oxygen atoms in total. The average Bonchev–Trinajstić information content (AvgIpc) is 1.58. The first-order valence-corrected chi connectivity index (χ1v) is 2.52. The Hall–Kier alpha value is -1.13. The smallest absolute Gasteiger partial charge is 0.287 e. The molecule has 0 atom stereocenters. The number of hydrogen-bond acceptors (Lipinski definition) is 1. The van der Waals surface area contributed by atoms with Gasteiger partial charge >= 0.3 is 6.09 Å². The zero-order chi connectivity index (χ0) is 8.15. The second-order valence-electron chi connectivity index (χ2n) is 1.58. The van der Waals surface area contributed by atoms with Gasteiger partial charge in [-0.05, 0) is 6.92 Å². The summed E-state index contributed by atoms with van der Waals surface area (Å²) in [5, 5.41) is 6.65. The van der Waals surface area contributed by atoms with E-state index in [0.717, 1.165) is 6.92 Å². The van der Waals surface area contributed by atoms with E-state index >= 15 is 0 Å². The van der Waals surface area contributed by atoms with Crippen LogP contribution in [0.4, 0.5) is 8.78 Å². The third-order valence-electron chi connectivity index (χ3n) is 0.506. The predicted molar refractivity (Wildman–Crippen MR) is 36.2 cm³/mol. The average molecular weight is 147 g/mol. The van der Waals surface area contributed by atoms with E-state index in [1.54, 1.807) is 0 Å². The quantitative estimate of drug-likeness (QED) is 0.308. The zero-order valence-corrected chi connectivity index (χ0v) is 5.65. The van der Waals surface area contributed by atoms with Crippen LogP contribution in [0.2, 0.25) is 0 Å². The third kappa shape index (κ3) is 5.02. The Morgan fingerprint density at radius 3 is 2.00 bits per heavy atom. The molecule has 0 bridgehead atoms. The van der Waals surface area contributed by atoms with Gasteiger partial charge in [-0.15, -0.1) is 0 Å². The SMILES string of the molecule is CC(=N)N=C(F)N=C(C)F. The number of hydrogen-bond donors (Lipinski definition) is 1. The molecule has 0 aromatic rings. The van der Waals surface area contributed by atoms with Crippen LogP contribution in [-0.2, 0) is 0 Å². The fourth-order valence-electron chi connectivity index (χ4n) is 0.291. The summed E-state index contributed by atoms with van der Waals surface area (Å²) >= 11 is 0. The van der Waals surface area contributed by atoms with Crippen molar-refractivity contribution in [3.63, 3.8) is 0 Å². The van der Waals surface area contributed by atoms with Crippen LogP contribution in [0.1, 0.15) is 13.8 Å². The minimum Gasteiger partial charge on any atom is -0.287 e. The third-order valence-corrected chi connectivity index (χ3v) is 0.506. The van der Waals surface area contributed by atoms with E-state index in [9.17, 15) is 8.78 Å². The van der Waals surface area contributed by atoms with Crippen LogP contribution in [0.5, 0.6) is 0 Å². The second-order valence-corrected chi connectivity index (χ2v) is 1.58. The summed E-state index contributed by atoms with van der Waals surface area (Å²) in [4.78, 5) is 5.63. The van der Waals surface area contributed by atoms with Gasteiger partial charge in [-0.1, -0.05) is 0 Å². The topological polar surface area (TPSA) is 48.6 Å². The van der Waals surface area contributed by atoms with E-state index < -0.39 is 12.1 Å². The summed E-state index contributed by atoms with van der Waals surface area (Å²) in [6.07, 6.45) is -1.23. The monoisotopic (exact) mass is 147 g/mol. The molecule has 0 rings (SSSR count). The van der Waals surface area contributed by atoms with Gasteiger partial charge in [-0.3, -0.25) is 5.41 Å². The van der Waals surface area contributed by atoms with E-state index in [1.165, 1.54) is 6.92 Å². The first kappa shape index (κ1) is 8.87. The molecule has 0 saturated heterocycles. The highest BCUT2D eigenvalue weighted by atomic mass is 19.1. The van der Waals surface area contributed by atoms with Gasteiger partial charge in [0.2, 0.25) is 0 Å². The first-order valence-electron chi connectivity index (χ1n) is 2.52. The lowest BCUT2D eigenvalue weighted by Crippen LogP contribution is -1.92. The van der Waals surface area contributed by atoms with E-state index in [2.05, 4.69) is 9.98 Å². The van der Waals surface area contributed by atoms with Crippen molar-refractivity contribution in [2.45, 2.75) is 13.8 Å². The molecule has 0 spiro atoms. The van der Waals surface area contributed by atoms with Gasteiger partial charge in [0.05, 0.1) is 0 Å². The number of amidine groups is 2. The molecule has 0 amide bonds. The van der Waals surface area contributed by atoms with Crippen molar-refractivity contribution in [2.75, 3.05) is 0 Å². The van der Waals surface area contributed by atoms with Gasteiger partial charge in [0, 0.05) is 6.92 Å². The first-order chi connectivity index (χ1) is 4.52. The normalized spacial score (nSPS) is 13.6. The zero-order valence-electron chi connectivity index (χ0n) is 5.65. The number of halogens is 2. The van der Waals surface area contributed by atoms with E-state index in [-0.39, 0.29) is 5.84 Å². The standard InChI is InChI=1S/C5H7F2N3/c1-3(6)9-5(7)10-4(2)8/h8H,1-2H3. The Morgan fingerprint density at radius 1 is 1.20 bits per heavy atom. The van der Waals surface area contributed by atoms with Gasteiger partial charge in [0.1, 0.15) is 5.84 Å². The van der Waals surface area contributed by atoms with Gasteiger partial charge < -0.3 is 0 Å². The molecule has 5 heteroatoms. The van der Waals surface area contributed by atoms with Gasteiger partial charge in [0.25, 0.3) is 0 Å². The maximum Gasteiger partial charge on any atom is 0.312 e. The molecule has 0 radical (unpaired) electrons. The highest BCUT2D eigenvalue weighted by molar-refractivity contribution is 5.95. The van der Waals surface area contributed by atoms with Crippen LogP contribution in [0, 0.1) is 5.41 Å². The highest BCUT2D eigenvalue weighted by Crippen LogP contribution is 1.87. The van der Waals surface area contributed by atoms with Gasteiger partial charge in [-0.25, -0.2) is 0 Å². The predicted octanol–water partition coefficient (Wildman–Crippen LogP) is 1.70. The van der Waals surface area contributed by atoms with Crippen molar-refractivity contribution >= 4 is 17.9 Å². The van der Waals surface area contributed by atoms with Crippen molar-refractivity contribution in [3.8, 4) is 0 Å². The summed E-state index contributed by atoms with van der Waals surface area (Å²) in [7, 11) is 0. The Labute approximate surface area is 57.0 Å². The second kappa shape index (κ2) is 3.81. The highest BCUT2D eigenvalue weighted by Gasteiger charge is 1.93. The molecule has 10 heavy (non-hydrogen) atoms. The lowest BCUT2D eigenvalue weighted by molar-refractivity contribution is 0.764. The summed E-state index contributed by atoms with van der Waals surface area (Å²) in [6.45, 7) is 2.26. The van der Waals surface area contributed by atoms with Crippen molar-refractivity contribution < 1.29 is 8.78 Å². The number of rotatable bonds is 0. The van der Waals surface area contributed by atoms with Crippen LogP contribution in [0.15, 0.2) is 9.98 Å². The Bertz CT molecular complexity index is 191. The van der Waals surface area contributed by atoms with Crippen LogP contribution >= 0.6 is 0 Å². The summed E-state index contributed by atoms with van der Waals surface area (Å²) < 4.78 is 23.8. The minimum atomic E-state index is -1.23. The van der Waals surface area contributed by atoms with Gasteiger partial charge in [-0.2, -0.15) is 18.8 Å².